The van der Waals surface area contributed by atoms with Crippen molar-refractivity contribution >= 4 is 11.7 Å². The molecule has 0 saturated carbocycles. The maximum Gasteiger partial charge on any atom is 0.271 e. The molecule has 1 atom stereocenters. The molecule has 3 aromatic rings. The first-order chi connectivity index (χ1) is 10.6. The third kappa shape index (κ3) is 2.84. The average Bonchev–Trinajstić information content (AvgIpc) is 3.16. The van der Waals surface area contributed by atoms with Crippen molar-refractivity contribution in [1.29, 1.82) is 0 Å². The Morgan fingerprint density at radius 2 is 2.32 bits per heavy atom. The molecule has 0 fully saturated rings. The summed E-state index contributed by atoms with van der Waals surface area (Å²) < 4.78 is 7.13. The number of nitrogens with zero attached hydrogens (tertiary/aromatic N) is 4. The van der Waals surface area contributed by atoms with Crippen molar-refractivity contribution in [1.82, 2.24) is 24.6 Å². The zero-order chi connectivity index (χ0) is 15.5. The molecule has 0 aliphatic rings. The molecular formula is C15H17N5O2. The molecule has 0 aromatic carbocycles. The Morgan fingerprint density at radius 3 is 3.00 bits per heavy atom. The fourth-order valence-electron chi connectivity index (χ4n) is 2.24. The minimum Gasteiger partial charge on any atom is -0.468 e. The molecule has 1 unspecified atom stereocenters. The summed E-state index contributed by atoms with van der Waals surface area (Å²) in [6.07, 6.45) is 6.73. The van der Waals surface area contributed by atoms with Gasteiger partial charge in [-0.3, -0.25) is 14.1 Å². The number of aromatic nitrogens is 3. The number of nitrogens with one attached hydrogen (secondary N) is 1. The van der Waals surface area contributed by atoms with Gasteiger partial charge in [0.1, 0.15) is 11.5 Å². The number of rotatable bonds is 5. The van der Waals surface area contributed by atoms with Crippen molar-refractivity contribution in [2.45, 2.75) is 6.04 Å². The lowest BCUT2D eigenvalue weighted by atomic mass is 10.2. The van der Waals surface area contributed by atoms with E-state index in [2.05, 4.69) is 15.3 Å². The zero-order valence-electron chi connectivity index (χ0n) is 12.4. The number of carbonyl (C=O) groups excluding carboxylic acids is 1. The first kappa shape index (κ1) is 14.3. The lowest BCUT2D eigenvalue weighted by Crippen LogP contribution is -2.34. The Labute approximate surface area is 127 Å². The van der Waals surface area contributed by atoms with Gasteiger partial charge >= 0.3 is 0 Å². The first-order valence-electron chi connectivity index (χ1n) is 6.93. The number of likely N-dealkylation sites (N-methyl/N-ethyl adjacent to an activating group) is 1. The lowest BCUT2D eigenvalue weighted by molar-refractivity contribution is 0.0934. The number of carbonyl (C=O) groups is 1. The van der Waals surface area contributed by atoms with Crippen LogP contribution in [-0.4, -0.2) is 45.8 Å². The molecule has 3 rings (SSSR count). The van der Waals surface area contributed by atoms with E-state index in [1.165, 1.54) is 0 Å². The molecule has 0 radical (unpaired) electrons. The first-order valence-corrected chi connectivity index (χ1v) is 6.93. The molecule has 22 heavy (non-hydrogen) atoms. The van der Waals surface area contributed by atoms with Crippen molar-refractivity contribution in [2.24, 2.45) is 0 Å². The zero-order valence-corrected chi connectivity index (χ0v) is 12.4. The number of furan rings is 1. The number of hydrogen-bond acceptors (Lipinski definition) is 5. The molecule has 0 aliphatic carbocycles. The van der Waals surface area contributed by atoms with E-state index in [1.54, 1.807) is 35.3 Å². The third-order valence-corrected chi connectivity index (χ3v) is 3.42. The van der Waals surface area contributed by atoms with Crippen LogP contribution in [0.2, 0.25) is 0 Å². The standard InChI is InChI=1S/C15H17N5O2/c1-19(2)12(13-5-3-8-22-13)9-17-14(21)11-10-20-7-4-6-16-15(20)18-11/h3-8,10,12H,9H2,1-2H3,(H,17,21). The number of hydrogen-bond donors (Lipinski definition) is 1. The highest BCUT2D eigenvalue weighted by Crippen LogP contribution is 2.17. The summed E-state index contributed by atoms with van der Waals surface area (Å²) in [6, 6.07) is 5.48. The van der Waals surface area contributed by atoms with Gasteiger partial charge in [-0.2, -0.15) is 0 Å². The van der Waals surface area contributed by atoms with Gasteiger partial charge in [0.2, 0.25) is 5.78 Å². The van der Waals surface area contributed by atoms with E-state index in [0.717, 1.165) is 5.76 Å². The molecule has 0 aliphatic heterocycles. The summed E-state index contributed by atoms with van der Waals surface area (Å²) in [5, 5.41) is 2.89. The van der Waals surface area contributed by atoms with E-state index in [9.17, 15) is 4.79 Å². The van der Waals surface area contributed by atoms with E-state index in [-0.39, 0.29) is 11.9 Å². The van der Waals surface area contributed by atoms with Gasteiger partial charge in [0, 0.05) is 25.1 Å². The Kier molecular flexibility index (Phi) is 3.88. The Bertz CT molecular complexity index is 730. The minimum atomic E-state index is -0.232. The average molecular weight is 299 g/mol. The summed E-state index contributed by atoms with van der Waals surface area (Å²) in [4.78, 5) is 22.5. The van der Waals surface area contributed by atoms with E-state index in [4.69, 9.17) is 4.42 Å². The Balaban J connectivity index is 1.71. The summed E-state index contributed by atoms with van der Waals surface area (Å²) in [5.74, 6) is 1.08. The van der Waals surface area contributed by atoms with Crippen LogP contribution in [0.25, 0.3) is 5.78 Å². The SMILES string of the molecule is CN(C)C(CNC(=O)c1cn2cccnc2n1)c1ccco1. The highest BCUT2D eigenvalue weighted by molar-refractivity contribution is 5.92. The molecule has 1 N–H and O–H groups in total. The third-order valence-electron chi connectivity index (χ3n) is 3.42. The van der Waals surface area contributed by atoms with Crippen LogP contribution in [-0.2, 0) is 0 Å². The van der Waals surface area contributed by atoms with Crippen LogP contribution in [0.4, 0.5) is 0 Å². The summed E-state index contributed by atoms with van der Waals surface area (Å²) in [5.41, 5.74) is 0.343. The Hall–Kier alpha value is -2.67. The summed E-state index contributed by atoms with van der Waals surface area (Å²) in [7, 11) is 3.88. The second-order valence-corrected chi connectivity index (χ2v) is 5.16. The van der Waals surface area contributed by atoms with Gasteiger partial charge in [-0.25, -0.2) is 9.97 Å². The van der Waals surface area contributed by atoms with Gasteiger partial charge in [0.05, 0.1) is 12.3 Å². The van der Waals surface area contributed by atoms with Crippen molar-refractivity contribution in [3.05, 3.63) is 54.5 Å². The molecule has 0 saturated heterocycles. The topological polar surface area (TPSA) is 75.7 Å². The van der Waals surface area contributed by atoms with Crippen LogP contribution in [0.3, 0.4) is 0 Å². The quantitative estimate of drug-likeness (QED) is 0.770. The number of fused-ring (bicyclic) bond motifs is 1. The van der Waals surface area contributed by atoms with Gasteiger partial charge < -0.3 is 9.73 Å². The van der Waals surface area contributed by atoms with E-state index in [0.29, 0.717) is 18.0 Å². The predicted octanol–water partition coefficient (Wildman–Crippen LogP) is 1.35. The van der Waals surface area contributed by atoms with Gasteiger partial charge in [-0.1, -0.05) is 0 Å². The molecule has 0 spiro atoms. The summed E-state index contributed by atoms with van der Waals surface area (Å²) in [6.45, 7) is 0.431. The van der Waals surface area contributed by atoms with E-state index >= 15 is 0 Å². The van der Waals surface area contributed by atoms with E-state index < -0.39 is 0 Å². The Morgan fingerprint density at radius 1 is 1.45 bits per heavy atom. The van der Waals surface area contributed by atoms with Crippen LogP contribution < -0.4 is 5.32 Å². The predicted molar refractivity (Wildman–Crippen MR) is 80.5 cm³/mol. The van der Waals surface area contributed by atoms with Crippen LogP contribution in [0.15, 0.2) is 47.5 Å². The van der Waals surface area contributed by atoms with Crippen molar-refractivity contribution in [2.75, 3.05) is 20.6 Å². The largest absolute Gasteiger partial charge is 0.468 e. The van der Waals surface area contributed by atoms with Gasteiger partial charge in [-0.15, -0.1) is 0 Å². The van der Waals surface area contributed by atoms with Crippen LogP contribution in [0, 0.1) is 0 Å². The second-order valence-electron chi connectivity index (χ2n) is 5.16. The van der Waals surface area contributed by atoms with E-state index in [1.807, 2.05) is 31.1 Å². The number of imidazole rings is 1. The molecule has 7 nitrogen and oxygen atoms in total. The van der Waals surface area contributed by atoms with Gasteiger partial charge in [-0.05, 0) is 32.3 Å². The molecular weight excluding hydrogens is 282 g/mol. The molecule has 114 valence electrons. The molecule has 1 amide bonds. The van der Waals surface area contributed by atoms with Crippen LogP contribution in [0.1, 0.15) is 22.3 Å². The molecule has 0 bridgehead atoms. The maximum atomic E-state index is 12.2. The van der Waals surface area contributed by atoms with Gasteiger partial charge in [0.25, 0.3) is 5.91 Å². The minimum absolute atomic E-state index is 0.0332. The lowest BCUT2D eigenvalue weighted by Gasteiger charge is -2.22. The second kappa shape index (κ2) is 5.98. The van der Waals surface area contributed by atoms with Crippen LogP contribution in [0.5, 0.6) is 0 Å². The van der Waals surface area contributed by atoms with Crippen molar-refractivity contribution < 1.29 is 9.21 Å². The number of amides is 1. The highest BCUT2D eigenvalue weighted by atomic mass is 16.3. The van der Waals surface area contributed by atoms with Gasteiger partial charge in [0.15, 0.2) is 0 Å². The normalized spacial score (nSPS) is 12.7. The monoisotopic (exact) mass is 299 g/mol. The molecule has 7 heteroatoms. The fraction of sp³-hybridized carbons (Fsp3) is 0.267. The van der Waals surface area contributed by atoms with Crippen LogP contribution >= 0.6 is 0 Å². The van der Waals surface area contributed by atoms with Crippen molar-refractivity contribution in [3.8, 4) is 0 Å². The molecule has 3 heterocycles. The smallest absolute Gasteiger partial charge is 0.271 e. The highest BCUT2D eigenvalue weighted by Gasteiger charge is 2.19. The fourth-order valence-corrected chi connectivity index (χ4v) is 2.24. The molecule has 3 aromatic heterocycles. The summed E-state index contributed by atoms with van der Waals surface area (Å²) >= 11 is 0. The maximum absolute atomic E-state index is 12.2. The van der Waals surface area contributed by atoms with Crippen molar-refractivity contribution in [3.63, 3.8) is 0 Å².